The largest absolute Gasteiger partial charge is 0.329 e. The van der Waals surface area contributed by atoms with E-state index in [1.54, 1.807) is 36.0 Å². The molecule has 2 rings (SSSR count). The molecule has 0 amide bonds. The summed E-state index contributed by atoms with van der Waals surface area (Å²) in [6.45, 7) is 0. The van der Waals surface area contributed by atoms with E-state index >= 15 is 0 Å². The molecule has 0 radical (unpaired) electrons. The number of aromatic nitrogens is 2. The molecule has 18 heavy (non-hydrogen) atoms. The highest BCUT2D eigenvalue weighted by Gasteiger charge is 2.12. The molecule has 88 valence electrons. The second-order valence-corrected chi connectivity index (χ2v) is 4.14. The predicted octanol–water partition coefficient (Wildman–Crippen LogP) is 2.24. The van der Waals surface area contributed by atoms with Gasteiger partial charge in [0, 0.05) is 18.6 Å². The molecule has 0 aliphatic rings. The van der Waals surface area contributed by atoms with Gasteiger partial charge < -0.3 is 5.32 Å². The molecule has 6 heteroatoms. The second-order valence-electron chi connectivity index (χ2n) is 3.19. The molecule has 5 nitrogen and oxygen atoms in total. The fourth-order valence-corrected chi connectivity index (χ4v) is 1.88. The Kier molecular flexibility index (Phi) is 3.79. The van der Waals surface area contributed by atoms with E-state index in [1.165, 1.54) is 17.5 Å². The van der Waals surface area contributed by atoms with Gasteiger partial charge in [0.25, 0.3) is 0 Å². The maximum atomic E-state index is 11.9. The highest BCUT2D eigenvalue weighted by Crippen LogP contribution is 2.14. The van der Waals surface area contributed by atoms with Crippen LogP contribution in [0.3, 0.4) is 0 Å². The molecule has 0 unspecified atom stereocenters. The minimum absolute atomic E-state index is 0.0184. The monoisotopic (exact) mass is 256 g/mol. The molecule has 0 aliphatic carbocycles. The first-order valence-corrected chi connectivity index (χ1v) is 5.91. The van der Waals surface area contributed by atoms with E-state index in [1.807, 2.05) is 6.07 Å². The van der Waals surface area contributed by atoms with Crippen molar-refractivity contribution in [3.8, 4) is 6.07 Å². The fourth-order valence-electron chi connectivity index (χ4n) is 1.20. The van der Waals surface area contributed by atoms with E-state index in [9.17, 15) is 4.79 Å². The van der Waals surface area contributed by atoms with Crippen molar-refractivity contribution in [3.63, 3.8) is 0 Å². The first kappa shape index (κ1) is 12.0. The zero-order valence-corrected chi connectivity index (χ0v) is 10.0. The minimum Gasteiger partial charge on any atom is -0.329 e. The van der Waals surface area contributed by atoms with Crippen LogP contribution in [-0.4, -0.2) is 15.8 Å². The molecule has 0 aliphatic heterocycles. The lowest BCUT2D eigenvalue weighted by molar-refractivity contribution is 0.104. The Labute approximate surface area is 107 Å². The van der Waals surface area contributed by atoms with Crippen LogP contribution < -0.4 is 5.32 Å². The number of carbonyl (C=O) groups is 1. The van der Waals surface area contributed by atoms with Gasteiger partial charge >= 0.3 is 0 Å². The topological polar surface area (TPSA) is 78.7 Å². The fraction of sp³-hybridized carbons (Fsp3) is 0. The molecular formula is C12H8N4OS. The number of nitriles is 1. The number of nitrogens with one attached hydrogen (secondary N) is 1. The zero-order valence-electron chi connectivity index (χ0n) is 9.20. The first-order chi connectivity index (χ1) is 8.81. The molecule has 0 saturated heterocycles. The molecule has 0 aromatic carbocycles. The standard InChI is InChI=1S/C12H8N4OS/c13-7-9(11(17)10-3-1-6-18-10)8-16-12-14-4-2-5-15-12/h1-6,8H,(H,14,15,16)/b9-8+. The second kappa shape index (κ2) is 5.70. The molecule has 0 saturated carbocycles. The highest BCUT2D eigenvalue weighted by atomic mass is 32.1. The van der Waals surface area contributed by atoms with Crippen LogP contribution in [-0.2, 0) is 0 Å². The van der Waals surface area contributed by atoms with E-state index in [0.29, 0.717) is 10.8 Å². The van der Waals surface area contributed by atoms with Gasteiger partial charge in [0.05, 0.1) is 4.88 Å². The van der Waals surface area contributed by atoms with E-state index in [0.717, 1.165) is 0 Å². The number of allylic oxidation sites excluding steroid dienone is 1. The number of anilines is 1. The summed E-state index contributed by atoms with van der Waals surface area (Å²) in [4.78, 5) is 20.3. The Bertz CT molecular complexity index is 599. The molecule has 0 atom stereocenters. The molecule has 2 aromatic rings. The van der Waals surface area contributed by atoms with Crippen molar-refractivity contribution in [2.45, 2.75) is 0 Å². The van der Waals surface area contributed by atoms with E-state index in [2.05, 4.69) is 15.3 Å². The van der Waals surface area contributed by atoms with Crippen molar-refractivity contribution in [1.82, 2.24) is 9.97 Å². The number of nitrogens with zero attached hydrogens (tertiary/aromatic N) is 3. The third kappa shape index (κ3) is 2.78. The highest BCUT2D eigenvalue weighted by molar-refractivity contribution is 7.12. The Balaban J connectivity index is 2.15. The lowest BCUT2D eigenvalue weighted by atomic mass is 10.2. The summed E-state index contributed by atoms with van der Waals surface area (Å²) >= 11 is 1.30. The smallest absolute Gasteiger partial charge is 0.226 e. The number of hydrogen-bond acceptors (Lipinski definition) is 6. The van der Waals surface area contributed by atoms with Crippen molar-refractivity contribution in [2.75, 3.05) is 5.32 Å². The van der Waals surface area contributed by atoms with Crippen molar-refractivity contribution in [1.29, 1.82) is 5.26 Å². The quantitative estimate of drug-likeness (QED) is 0.515. The summed E-state index contributed by atoms with van der Waals surface area (Å²) in [6, 6.07) is 6.98. The Morgan fingerprint density at radius 2 is 2.17 bits per heavy atom. The zero-order chi connectivity index (χ0) is 12.8. The van der Waals surface area contributed by atoms with Crippen LogP contribution in [0.2, 0.25) is 0 Å². The van der Waals surface area contributed by atoms with Crippen LogP contribution in [0.15, 0.2) is 47.7 Å². The van der Waals surface area contributed by atoms with Crippen LogP contribution in [0.4, 0.5) is 5.95 Å². The van der Waals surface area contributed by atoms with Crippen molar-refractivity contribution in [3.05, 3.63) is 52.6 Å². The molecule has 2 heterocycles. The summed E-state index contributed by atoms with van der Waals surface area (Å²) in [5, 5.41) is 13.5. The van der Waals surface area contributed by atoms with Gasteiger partial charge in [0.15, 0.2) is 0 Å². The molecule has 0 bridgehead atoms. The van der Waals surface area contributed by atoms with Gasteiger partial charge in [-0.05, 0) is 17.5 Å². The molecule has 0 fully saturated rings. The molecular weight excluding hydrogens is 248 g/mol. The number of Topliss-reactive ketones (excluding diaryl/α,β-unsaturated/α-hetero) is 1. The number of ketones is 1. The van der Waals surface area contributed by atoms with Crippen LogP contribution >= 0.6 is 11.3 Å². The van der Waals surface area contributed by atoms with E-state index in [-0.39, 0.29) is 11.4 Å². The minimum atomic E-state index is -0.309. The van der Waals surface area contributed by atoms with E-state index in [4.69, 9.17) is 5.26 Å². The van der Waals surface area contributed by atoms with Gasteiger partial charge in [0.2, 0.25) is 11.7 Å². The molecule has 2 aromatic heterocycles. The van der Waals surface area contributed by atoms with Crippen molar-refractivity contribution < 1.29 is 4.79 Å². The van der Waals surface area contributed by atoms with Gasteiger partial charge in [-0.15, -0.1) is 11.3 Å². The number of carbonyl (C=O) groups excluding carboxylic acids is 1. The van der Waals surface area contributed by atoms with Gasteiger partial charge in [-0.3, -0.25) is 4.79 Å². The number of hydrogen-bond donors (Lipinski definition) is 1. The van der Waals surface area contributed by atoms with Gasteiger partial charge in [-0.2, -0.15) is 5.26 Å². The summed E-state index contributed by atoms with van der Waals surface area (Å²) in [7, 11) is 0. The van der Waals surface area contributed by atoms with Crippen LogP contribution in [0.25, 0.3) is 0 Å². The average Bonchev–Trinajstić information content (AvgIpc) is 2.94. The third-order valence-corrected chi connectivity index (χ3v) is 2.89. The van der Waals surface area contributed by atoms with Crippen LogP contribution in [0.5, 0.6) is 0 Å². The van der Waals surface area contributed by atoms with Crippen LogP contribution in [0, 0.1) is 11.3 Å². The lowest BCUT2D eigenvalue weighted by Gasteiger charge is -1.98. The van der Waals surface area contributed by atoms with E-state index < -0.39 is 0 Å². The first-order valence-electron chi connectivity index (χ1n) is 5.03. The Morgan fingerprint density at radius 3 is 2.78 bits per heavy atom. The predicted molar refractivity (Wildman–Crippen MR) is 68.0 cm³/mol. The molecule has 0 spiro atoms. The van der Waals surface area contributed by atoms with Crippen molar-refractivity contribution in [2.24, 2.45) is 0 Å². The lowest BCUT2D eigenvalue weighted by Crippen LogP contribution is -2.03. The molecule has 1 N–H and O–H groups in total. The normalized spacial score (nSPS) is 10.7. The van der Waals surface area contributed by atoms with Gasteiger partial charge in [0.1, 0.15) is 11.6 Å². The van der Waals surface area contributed by atoms with Gasteiger partial charge in [-0.1, -0.05) is 6.07 Å². The SMILES string of the molecule is N#C/C(=C\Nc1ncccn1)C(=O)c1cccs1. The Hall–Kier alpha value is -2.52. The van der Waals surface area contributed by atoms with Crippen LogP contribution in [0.1, 0.15) is 9.67 Å². The summed E-state index contributed by atoms with van der Waals surface area (Å²) in [5.41, 5.74) is 0.0184. The third-order valence-electron chi connectivity index (χ3n) is 2.02. The average molecular weight is 256 g/mol. The number of thiophene rings is 1. The number of rotatable bonds is 4. The maximum absolute atomic E-state index is 11.9. The Morgan fingerprint density at radius 1 is 1.39 bits per heavy atom. The summed E-state index contributed by atoms with van der Waals surface area (Å²) in [6.07, 6.45) is 4.45. The summed E-state index contributed by atoms with van der Waals surface area (Å²) in [5.74, 6) is 0.0279. The van der Waals surface area contributed by atoms with Gasteiger partial charge in [-0.25, -0.2) is 9.97 Å². The summed E-state index contributed by atoms with van der Waals surface area (Å²) < 4.78 is 0. The maximum Gasteiger partial charge on any atom is 0.226 e. The van der Waals surface area contributed by atoms with Crippen molar-refractivity contribution >= 4 is 23.1 Å².